The van der Waals surface area contributed by atoms with Crippen molar-refractivity contribution in [3.63, 3.8) is 0 Å². The Bertz CT molecular complexity index is 522. The van der Waals surface area contributed by atoms with Crippen LogP contribution in [0.3, 0.4) is 0 Å². The van der Waals surface area contributed by atoms with Crippen molar-refractivity contribution in [2.75, 3.05) is 26.3 Å². The van der Waals surface area contributed by atoms with Crippen LogP contribution in [0.25, 0.3) is 0 Å². The van der Waals surface area contributed by atoms with Crippen LogP contribution < -0.4 is 10.6 Å². The molecule has 1 amide bonds. The molecule has 0 bridgehead atoms. The second-order valence-corrected chi connectivity index (χ2v) is 7.31. The summed E-state index contributed by atoms with van der Waals surface area (Å²) in [6.45, 7) is 5.31. The maximum absolute atomic E-state index is 12.7. The number of hydrogen-bond donors (Lipinski definition) is 2. The van der Waals surface area contributed by atoms with Gasteiger partial charge in [0.2, 0.25) is 5.91 Å². The predicted octanol–water partition coefficient (Wildman–Crippen LogP) is 2.43. The molecule has 0 spiro atoms. The van der Waals surface area contributed by atoms with Crippen molar-refractivity contribution in [3.05, 3.63) is 34.3 Å². The third-order valence-electron chi connectivity index (χ3n) is 5.04. The van der Waals surface area contributed by atoms with Gasteiger partial charge in [0.25, 0.3) is 0 Å². The smallest absolute Gasteiger partial charge is 0.223 e. The van der Waals surface area contributed by atoms with Gasteiger partial charge in [-0.3, -0.25) is 4.79 Å². The molecular formula is C17H23BrN2O2. The molecule has 1 aromatic carbocycles. The molecular weight excluding hydrogens is 344 g/mol. The summed E-state index contributed by atoms with van der Waals surface area (Å²) in [6.07, 6.45) is 1.66. The molecule has 2 fully saturated rings. The van der Waals surface area contributed by atoms with E-state index in [1.165, 1.54) is 5.56 Å². The number of carbonyl (C=O) groups excluding carboxylic acids is 1. The first-order chi connectivity index (χ1) is 10.6. The molecule has 5 heteroatoms. The Morgan fingerprint density at radius 3 is 2.50 bits per heavy atom. The summed E-state index contributed by atoms with van der Waals surface area (Å²) >= 11 is 3.48. The average Bonchev–Trinajstić information content (AvgIpc) is 2.47. The summed E-state index contributed by atoms with van der Waals surface area (Å²) in [5.74, 6) is 0.676. The van der Waals surface area contributed by atoms with Gasteiger partial charge in [-0.15, -0.1) is 0 Å². The Balaban J connectivity index is 1.79. The van der Waals surface area contributed by atoms with Gasteiger partial charge in [0.1, 0.15) is 0 Å². The van der Waals surface area contributed by atoms with Gasteiger partial charge in [-0.1, -0.05) is 35.0 Å². The zero-order valence-corrected chi connectivity index (χ0v) is 14.5. The van der Waals surface area contributed by atoms with Crippen LogP contribution in [0.2, 0.25) is 0 Å². The minimum atomic E-state index is -0.290. The first-order valence-corrected chi connectivity index (χ1v) is 8.76. The molecule has 0 radical (unpaired) electrons. The molecule has 3 rings (SSSR count). The summed E-state index contributed by atoms with van der Waals surface area (Å²) in [6, 6.07) is 8.28. The van der Waals surface area contributed by atoms with Crippen molar-refractivity contribution >= 4 is 21.8 Å². The molecule has 22 heavy (non-hydrogen) atoms. The summed E-state index contributed by atoms with van der Waals surface area (Å²) in [7, 11) is 0. The lowest BCUT2D eigenvalue weighted by Crippen LogP contribution is -2.55. The highest BCUT2D eigenvalue weighted by atomic mass is 79.9. The number of ether oxygens (including phenoxy) is 1. The van der Waals surface area contributed by atoms with E-state index < -0.39 is 0 Å². The molecule has 120 valence electrons. The number of carbonyl (C=O) groups is 1. The van der Waals surface area contributed by atoms with Crippen molar-refractivity contribution in [2.45, 2.75) is 25.3 Å². The van der Waals surface area contributed by atoms with Crippen LogP contribution in [0.5, 0.6) is 0 Å². The number of rotatable bonds is 4. The van der Waals surface area contributed by atoms with Gasteiger partial charge < -0.3 is 15.4 Å². The van der Waals surface area contributed by atoms with Crippen LogP contribution >= 0.6 is 15.9 Å². The summed E-state index contributed by atoms with van der Waals surface area (Å²) in [4.78, 5) is 12.7. The number of halogens is 1. The standard InChI is InChI=1S/C17H23BrN2O2/c1-12(13-10-19-11-13)16(21)20-17(6-8-22-9-7-17)14-2-4-15(18)5-3-14/h2-5,12-13,19H,6-11H2,1H3,(H,20,21). The number of benzene rings is 1. The lowest BCUT2D eigenvalue weighted by atomic mass is 9.81. The normalized spacial score (nSPS) is 22.6. The molecule has 2 aliphatic rings. The van der Waals surface area contributed by atoms with E-state index in [1.54, 1.807) is 0 Å². The minimum absolute atomic E-state index is 0.0522. The third-order valence-corrected chi connectivity index (χ3v) is 5.57. The fraction of sp³-hybridized carbons (Fsp3) is 0.588. The zero-order chi connectivity index (χ0) is 15.6. The summed E-state index contributed by atoms with van der Waals surface area (Å²) in [5, 5.41) is 6.60. The second kappa shape index (κ2) is 6.69. The van der Waals surface area contributed by atoms with Crippen LogP contribution in [0.1, 0.15) is 25.3 Å². The van der Waals surface area contributed by atoms with Gasteiger partial charge in [-0.2, -0.15) is 0 Å². The highest BCUT2D eigenvalue weighted by Gasteiger charge is 2.38. The molecule has 2 N–H and O–H groups in total. The maximum atomic E-state index is 12.7. The molecule has 4 nitrogen and oxygen atoms in total. The lowest BCUT2D eigenvalue weighted by Gasteiger charge is -2.41. The van der Waals surface area contributed by atoms with Gasteiger partial charge in [-0.05, 0) is 49.5 Å². The minimum Gasteiger partial charge on any atom is -0.381 e. The van der Waals surface area contributed by atoms with E-state index in [2.05, 4.69) is 38.7 Å². The molecule has 1 atom stereocenters. The van der Waals surface area contributed by atoms with Crippen LogP contribution in [0.15, 0.2) is 28.7 Å². The number of nitrogens with one attached hydrogen (secondary N) is 2. The molecule has 1 aromatic rings. The van der Waals surface area contributed by atoms with E-state index in [-0.39, 0.29) is 17.4 Å². The van der Waals surface area contributed by atoms with E-state index >= 15 is 0 Å². The Morgan fingerprint density at radius 1 is 1.32 bits per heavy atom. The largest absolute Gasteiger partial charge is 0.381 e. The first-order valence-electron chi connectivity index (χ1n) is 7.97. The molecule has 2 aliphatic heterocycles. The fourth-order valence-electron chi connectivity index (χ4n) is 3.20. The zero-order valence-electron chi connectivity index (χ0n) is 12.9. The van der Waals surface area contributed by atoms with E-state index in [9.17, 15) is 4.79 Å². The van der Waals surface area contributed by atoms with Gasteiger partial charge in [0.15, 0.2) is 0 Å². The van der Waals surface area contributed by atoms with Crippen molar-refractivity contribution < 1.29 is 9.53 Å². The number of amides is 1. The highest BCUT2D eigenvalue weighted by molar-refractivity contribution is 9.10. The van der Waals surface area contributed by atoms with E-state index in [4.69, 9.17) is 4.74 Å². The summed E-state index contributed by atoms with van der Waals surface area (Å²) < 4.78 is 6.58. The molecule has 2 heterocycles. The fourth-order valence-corrected chi connectivity index (χ4v) is 3.47. The van der Waals surface area contributed by atoms with Crippen molar-refractivity contribution in [1.29, 1.82) is 0 Å². The topological polar surface area (TPSA) is 50.4 Å². The molecule has 1 unspecified atom stereocenters. The van der Waals surface area contributed by atoms with Crippen LogP contribution in [0, 0.1) is 11.8 Å². The van der Waals surface area contributed by atoms with Gasteiger partial charge in [-0.25, -0.2) is 0 Å². The van der Waals surface area contributed by atoms with E-state index in [0.29, 0.717) is 19.1 Å². The van der Waals surface area contributed by atoms with E-state index in [1.807, 2.05) is 19.1 Å². The van der Waals surface area contributed by atoms with Crippen molar-refractivity contribution in [1.82, 2.24) is 10.6 Å². The van der Waals surface area contributed by atoms with Gasteiger partial charge >= 0.3 is 0 Å². The monoisotopic (exact) mass is 366 g/mol. The summed E-state index contributed by atoms with van der Waals surface area (Å²) in [5.41, 5.74) is 0.882. The first kappa shape index (κ1) is 16.0. The van der Waals surface area contributed by atoms with E-state index in [0.717, 1.165) is 30.4 Å². The molecule has 2 saturated heterocycles. The Kier molecular flexibility index (Phi) is 4.85. The van der Waals surface area contributed by atoms with Gasteiger partial charge in [0, 0.05) is 23.6 Å². The third kappa shape index (κ3) is 3.21. The van der Waals surface area contributed by atoms with Crippen molar-refractivity contribution in [2.24, 2.45) is 11.8 Å². The maximum Gasteiger partial charge on any atom is 0.223 e. The van der Waals surface area contributed by atoms with Crippen LogP contribution in [-0.4, -0.2) is 32.2 Å². The Hall–Kier alpha value is -0.910. The quantitative estimate of drug-likeness (QED) is 0.860. The molecule has 0 saturated carbocycles. The van der Waals surface area contributed by atoms with Gasteiger partial charge in [0.05, 0.1) is 5.54 Å². The lowest BCUT2D eigenvalue weighted by molar-refractivity contribution is -0.130. The SMILES string of the molecule is CC(C(=O)NC1(c2ccc(Br)cc2)CCOCC1)C1CNC1. The van der Waals surface area contributed by atoms with Crippen LogP contribution in [0.4, 0.5) is 0 Å². The molecule has 0 aromatic heterocycles. The predicted molar refractivity (Wildman–Crippen MR) is 89.5 cm³/mol. The molecule has 0 aliphatic carbocycles. The van der Waals surface area contributed by atoms with Crippen LogP contribution in [-0.2, 0) is 15.1 Å². The number of hydrogen-bond acceptors (Lipinski definition) is 3. The Labute approximate surface area is 140 Å². The highest BCUT2D eigenvalue weighted by Crippen LogP contribution is 2.33. The Morgan fingerprint density at radius 2 is 1.95 bits per heavy atom. The average molecular weight is 367 g/mol. The second-order valence-electron chi connectivity index (χ2n) is 6.40. The van der Waals surface area contributed by atoms with Crippen molar-refractivity contribution in [3.8, 4) is 0 Å².